The minimum absolute atomic E-state index is 0. The zero-order chi connectivity index (χ0) is 22.7. The van der Waals surface area contributed by atoms with E-state index in [0.717, 1.165) is 6.20 Å². The second kappa shape index (κ2) is 8.71. The van der Waals surface area contributed by atoms with Crippen molar-refractivity contribution in [2.75, 3.05) is 0 Å². The fourth-order valence-electron chi connectivity index (χ4n) is 2.83. The average molecular weight is 440 g/mol. The van der Waals surface area contributed by atoms with Crippen LogP contribution in [0.15, 0.2) is 58.4 Å². The summed E-state index contributed by atoms with van der Waals surface area (Å²) in [6.07, 6.45) is 2.31. The Bertz CT molecular complexity index is 1310. The minimum Gasteiger partial charge on any atom is -0.412 e. The van der Waals surface area contributed by atoms with Gasteiger partial charge >= 0.3 is 0 Å². The van der Waals surface area contributed by atoms with Gasteiger partial charge in [0.25, 0.3) is 6.02 Å². The SMILES string of the molecule is CC(=N)OC(N)=Nc1nc(-c2cc(-c3ccon3)n(Cc3ccccc3F)n2)ncc1F.[HH]. The number of nitrogens with two attached hydrogens (primary N) is 1. The van der Waals surface area contributed by atoms with Gasteiger partial charge in [0.15, 0.2) is 23.4 Å². The van der Waals surface area contributed by atoms with E-state index in [1.807, 2.05) is 0 Å². The third kappa shape index (κ3) is 4.48. The number of nitrogens with zero attached hydrogens (tertiary/aromatic N) is 6. The van der Waals surface area contributed by atoms with Gasteiger partial charge in [0.2, 0.25) is 0 Å². The average Bonchev–Trinajstić information content (AvgIpc) is 3.40. The summed E-state index contributed by atoms with van der Waals surface area (Å²) in [4.78, 5) is 11.8. The molecule has 0 saturated carbocycles. The van der Waals surface area contributed by atoms with Gasteiger partial charge in [-0.15, -0.1) is 0 Å². The van der Waals surface area contributed by atoms with Gasteiger partial charge in [-0.2, -0.15) is 10.1 Å². The molecular weight excluding hydrogens is 422 g/mol. The normalized spacial score (nSPS) is 11.5. The summed E-state index contributed by atoms with van der Waals surface area (Å²) < 4.78 is 39.6. The Labute approximate surface area is 181 Å². The van der Waals surface area contributed by atoms with Crippen LogP contribution in [0.3, 0.4) is 0 Å². The van der Waals surface area contributed by atoms with Gasteiger partial charge < -0.3 is 15.0 Å². The number of hydrogen-bond donors (Lipinski definition) is 2. The van der Waals surface area contributed by atoms with Crippen LogP contribution in [-0.4, -0.2) is 36.8 Å². The van der Waals surface area contributed by atoms with E-state index in [0.29, 0.717) is 17.0 Å². The Balaban J connectivity index is 0.00000306. The molecule has 164 valence electrons. The minimum atomic E-state index is -0.842. The third-order valence-corrected chi connectivity index (χ3v) is 4.19. The zero-order valence-electron chi connectivity index (χ0n) is 16.7. The van der Waals surface area contributed by atoms with Crippen LogP contribution in [-0.2, 0) is 11.3 Å². The standard InChI is InChI=1S/C20H16F2N8O2.H2/c1-11(23)32-20(24)27-18-14(22)9-25-19(26-18)16-8-17(15-6-7-31-29-15)30(28-16)10-12-4-2-3-5-13(12)21;/h2-9,23H,10H2,1H3,(H2,24,25,26,27);1H. The second-order valence-corrected chi connectivity index (χ2v) is 6.52. The van der Waals surface area contributed by atoms with E-state index in [1.54, 1.807) is 30.3 Å². The lowest BCUT2D eigenvalue weighted by atomic mass is 10.2. The predicted molar refractivity (Wildman–Crippen MR) is 112 cm³/mol. The molecule has 10 nitrogen and oxygen atoms in total. The highest BCUT2D eigenvalue weighted by Crippen LogP contribution is 2.26. The first-order valence-corrected chi connectivity index (χ1v) is 9.23. The molecule has 4 aromatic rings. The Morgan fingerprint density at radius 3 is 2.78 bits per heavy atom. The van der Waals surface area contributed by atoms with Crippen molar-refractivity contribution in [2.24, 2.45) is 10.7 Å². The summed E-state index contributed by atoms with van der Waals surface area (Å²) in [7, 11) is 0. The topological polar surface area (TPSA) is 141 Å². The molecule has 0 atom stereocenters. The number of hydrogen-bond acceptors (Lipinski definition) is 8. The van der Waals surface area contributed by atoms with E-state index >= 15 is 0 Å². The molecule has 3 aromatic heterocycles. The van der Waals surface area contributed by atoms with Crippen LogP contribution in [0.5, 0.6) is 0 Å². The number of aromatic nitrogens is 5. The fourth-order valence-corrected chi connectivity index (χ4v) is 2.83. The molecule has 0 unspecified atom stereocenters. The van der Waals surface area contributed by atoms with Crippen LogP contribution in [0.25, 0.3) is 22.9 Å². The molecule has 0 aliphatic heterocycles. The third-order valence-electron chi connectivity index (χ3n) is 4.19. The fraction of sp³-hybridized carbons (Fsp3) is 0.100. The highest BCUT2D eigenvalue weighted by molar-refractivity contribution is 5.87. The summed E-state index contributed by atoms with van der Waals surface area (Å²) in [6, 6.07) is 9.08. The van der Waals surface area contributed by atoms with E-state index in [4.69, 9.17) is 20.4 Å². The molecule has 0 bridgehead atoms. The number of ether oxygens (including phenoxy) is 1. The summed E-state index contributed by atoms with van der Waals surface area (Å²) in [6.45, 7) is 1.44. The van der Waals surface area contributed by atoms with Gasteiger partial charge in [-0.25, -0.2) is 18.7 Å². The number of aliphatic imine (C=N–C) groups is 1. The van der Waals surface area contributed by atoms with E-state index in [9.17, 15) is 8.78 Å². The predicted octanol–water partition coefficient (Wildman–Crippen LogP) is 3.53. The molecule has 0 saturated heterocycles. The molecule has 4 rings (SSSR count). The van der Waals surface area contributed by atoms with Gasteiger partial charge in [-0.1, -0.05) is 23.4 Å². The van der Waals surface area contributed by atoms with Gasteiger partial charge in [0.1, 0.15) is 23.5 Å². The van der Waals surface area contributed by atoms with Crippen molar-refractivity contribution in [3.63, 3.8) is 0 Å². The maximum absolute atomic E-state index is 14.2. The number of amidine groups is 1. The molecule has 12 heteroatoms. The van der Waals surface area contributed by atoms with Crippen LogP contribution in [0.1, 0.15) is 13.9 Å². The molecule has 3 heterocycles. The maximum atomic E-state index is 14.2. The molecular formula is C20H18F2N8O2. The largest absolute Gasteiger partial charge is 0.412 e. The quantitative estimate of drug-likeness (QED) is 0.357. The summed E-state index contributed by atoms with van der Waals surface area (Å²) >= 11 is 0. The van der Waals surface area contributed by atoms with Gasteiger partial charge in [0.05, 0.1) is 18.4 Å². The van der Waals surface area contributed by atoms with Crippen LogP contribution in [0.4, 0.5) is 14.6 Å². The van der Waals surface area contributed by atoms with E-state index in [-0.39, 0.29) is 37.0 Å². The lowest BCUT2D eigenvalue weighted by Gasteiger charge is -2.06. The van der Waals surface area contributed by atoms with Crippen LogP contribution < -0.4 is 5.73 Å². The van der Waals surface area contributed by atoms with Gasteiger partial charge in [-0.3, -0.25) is 10.1 Å². The van der Waals surface area contributed by atoms with Crippen molar-refractivity contribution < 1.29 is 19.5 Å². The highest BCUT2D eigenvalue weighted by Gasteiger charge is 2.18. The monoisotopic (exact) mass is 440 g/mol. The van der Waals surface area contributed by atoms with Crippen molar-refractivity contribution in [3.8, 4) is 22.9 Å². The summed E-state index contributed by atoms with van der Waals surface area (Å²) in [5, 5.41) is 15.6. The highest BCUT2D eigenvalue weighted by atomic mass is 19.1. The molecule has 32 heavy (non-hydrogen) atoms. The van der Waals surface area contributed by atoms with Crippen LogP contribution in [0, 0.1) is 17.0 Å². The molecule has 0 aliphatic carbocycles. The van der Waals surface area contributed by atoms with Crippen LogP contribution >= 0.6 is 0 Å². The first kappa shape index (κ1) is 20.8. The Morgan fingerprint density at radius 2 is 2.06 bits per heavy atom. The smallest absolute Gasteiger partial charge is 0.295 e. The second-order valence-electron chi connectivity index (χ2n) is 6.52. The molecule has 0 radical (unpaired) electrons. The summed E-state index contributed by atoms with van der Waals surface area (Å²) in [5.41, 5.74) is 7.18. The molecule has 0 aliphatic rings. The van der Waals surface area contributed by atoms with Crippen LogP contribution in [0.2, 0.25) is 0 Å². The first-order chi connectivity index (χ1) is 15.4. The number of rotatable bonds is 5. The molecule has 0 fully saturated rings. The van der Waals surface area contributed by atoms with Crippen molar-refractivity contribution in [2.45, 2.75) is 13.5 Å². The molecule has 0 spiro atoms. The molecule has 3 N–H and O–H groups in total. The zero-order valence-corrected chi connectivity index (χ0v) is 16.7. The summed E-state index contributed by atoms with van der Waals surface area (Å²) in [5.74, 6) is -1.79. The molecule has 0 amide bonds. The lowest BCUT2D eigenvalue weighted by molar-refractivity contribution is 0.421. The van der Waals surface area contributed by atoms with E-state index in [2.05, 4.69) is 25.2 Å². The van der Waals surface area contributed by atoms with E-state index < -0.39 is 11.8 Å². The van der Waals surface area contributed by atoms with Gasteiger partial charge in [0, 0.05) is 20.0 Å². The van der Waals surface area contributed by atoms with Crippen molar-refractivity contribution in [3.05, 3.63) is 66.1 Å². The van der Waals surface area contributed by atoms with Crippen molar-refractivity contribution >= 4 is 17.7 Å². The van der Waals surface area contributed by atoms with Crippen molar-refractivity contribution in [1.29, 1.82) is 5.41 Å². The Hall–Kier alpha value is -4.48. The maximum Gasteiger partial charge on any atom is 0.295 e. The number of halogens is 2. The van der Waals surface area contributed by atoms with E-state index in [1.165, 1.54) is 23.9 Å². The number of benzene rings is 1. The first-order valence-electron chi connectivity index (χ1n) is 9.23. The lowest BCUT2D eigenvalue weighted by Crippen LogP contribution is -2.18. The molecule has 1 aromatic carbocycles. The van der Waals surface area contributed by atoms with Gasteiger partial charge in [-0.05, 0) is 12.1 Å². The Kier molecular flexibility index (Phi) is 5.66. The number of nitrogens with one attached hydrogen (secondary N) is 1. The Morgan fingerprint density at radius 1 is 1.25 bits per heavy atom. The van der Waals surface area contributed by atoms with Crippen molar-refractivity contribution in [1.82, 2.24) is 24.9 Å².